The second-order valence-corrected chi connectivity index (χ2v) is 7.75. The molecule has 3 aromatic rings. The van der Waals surface area contributed by atoms with Crippen molar-refractivity contribution in [1.29, 1.82) is 0 Å². The molecule has 170 valence electrons. The van der Waals surface area contributed by atoms with Crippen LogP contribution < -0.4 is 10.1 Å². The van der Waals surface area contributed by atoms with E-state index in [4.69, 9.17) is 14.2 Å². The molecule has 8 nitrogen and oxygen atoms in total. The van der Waals surface area contributed by atoms with Gasteiger partial charge in [-0.15, -0.1) is 0 Å². The number of nitrogens with one attached hydrogen (secondary N) is 2. The second kappa shape index (κ2) is 11.1. The van der Waals surface area contributed by atoms with Crippen LogP contribution in [0, 0.1) is 0 Å². The molecule has 1 aliphatic rings. The number of ether oxygens (including phenoxy) is 3. The molecule has 4 rings (SSSR count). The molecular weight excluding hydrogens is 408 g/mol. The van der Waals surface area contributed by atoms with Gasteiger partial charge in [0.15, 0.2) is 0 Å². The van der Waals surface area contributed by atoms with E-state index in [1.165, 1.54) is 0 Å². The maximum Gasteiger partial charge on any atom is 0.253 e. The van der Waals surface area contributed by atoms with Crippen molar-refractivity contribution in [2.45, 2.75) is 6.42 Å². The second-order valence-electron chi connectivity index (χ2n) is 7.75. The van der Waals surface area contributed by atoms with Crippen molar-refractivity contribution in [1.82, 2.24) is 20.2 Å². The summed E-state index contributed by atoms with van der Waals surface area (Å²) in [5.74, 6) is 0.726. The lowest BCUT2D eigenvalue weighted by atomic mass is 10.1. The van der Waals surface area contributed by atoms with Crippen LogP contribution in [0.15, 0.2) is 42.7 Å². The smallest absolute Gasteiger partial charge is 0.253 e. The maximum atomic E-state index is 12.6. The molecule has 8 heteroatoms. The summed E-state index contributed by atoms with van der Waals surface area (Å²) >= 11 is 0. The SMILES string of the molecule is COCCCNC(=O)c1c[nH]c2ncc(-c3ccc(OCCN4CCOCC4)cc3)cc12. The molecule has 3 heterocycles. The number of aromatic nitrogens is 2. The van der Waals surface area contributed by atoms with Gasteiger partial charge in [-0.25, -0.2) is 4.98 Å². The van der Waals surface area contributed by atoms with Crippen LogP contribution in [0.2, 0.25) is 0 Å². The number of carbonyl (C=O) groups excluding carboxylic acids is 1. The van der Waals surface area contributed by atoms with Crippen molar-refractivity contribution in [3.63, 3.8) is 0 Å². The molecule has 1 saturated heterocycles. The van der Waals surface area contributed by atoms with Gasteiger partial charge in [-0.05, 0) is 30.2 Å². The lowest BCUT2D eigenvalue weighted by molar-refractivity contribution is 0.0322. The zero-order valence-electron chi connectivity index (χ0n) is 18.4. The lowest BCUT2D eigenvalue weighted by Gasteiger charge is -2.26. The molecule has 0 radical (unpaired) electrons. The fraction of sp³-hybridized carbons (Fsp3) is 0.417. The maximum absolute atomic E-state index is 12.6. The van der Waals surface area contributed by atoms with E-state index in [0.29, 0.717) is 31.0 Å². The minimum absolute atomic E-state index is 0.115. The predicted octanol–water partition coefficient (Wildman–Crippen LogP) is 2.71. The quantitative estimate of drug-likeness (QED) is 0.473. The highest BCUT2D eigenvalue weighted by atomic mass is 16.5. The Morgan fingerprint density at radius 1 is 1.19 bits per heavy atom. The number of carbonyl (C=O) groups is 1. The molecule has 32 heavy (non-hydrogen) atoms. The Morgan fingerprint density at radius 2 is 2.00 bits per heavy atom. The van der Waals surface area contributed by atoms with Gasteiger partial charge in [0.25, 0.3) is 5.91 Å². The summed E-state index contributed by atoms with van der Waals surface area (Å²) in [4.78, 5) is 22.5. The highest BCUT2D eigenvalue weighted by Crippen LogP contribution is 2.26. The number of rotatable bonds is 10. The summed E-state index contributed by atoms with van der Waals surface area (Å²) in [6.07, 6.45) is 4.29. The summed E-state index contributed by atoms with van der Waals surface area (Å²) in [5.41, 5.74) is 3.26. The number of nitrogens with zero attached hydrogens (tertiary/aromatic N) is 2. The first-order valence-electron chi connectivity index (χ1n) is 11.0. The number of H-pyrrole nitrogens is 1. The van der Waals surface area contributed by atoms with Crippen molar-refractivity contribution in [3.05, 3.63) is 48.3 Å². The Hall–Kier alpha value is -2.94. The number of amides is 1. The molecule has 1 fully saturated rings. The number of morpholine rings is 1. The topological polar surface area (TPSA) is 88.7 Å². The molecule has 0 bridgehead atoms. The molecule has 2 N–H and O–H groups in total. The van der Waals surface area contributed by atoms with Crippen LogP contribution in [-0.4, -0.2) is 80.5 Å². The Labute approximate surface area is 187 Å². The van der Waals surface area contributed by atoms with Crippen LogP contribution in [-0.2, 0) is 9.47 Å². The third-order valence-electron chi connectivity index (χ3n) is 5.55. The summed E-state index contributed by atoms with van der Waals surface area (Å²) in [7, 11) is 1.65. The van der Waals surface area contributed by atoms with Gasteiger partial charge in [0, 0.05) is 63.2 Å². The first kappa shape index (κ1) is 22.3. The third-order valence-corrected chi connectivity index (χ3v) is 5.55. The van der Waals surface area contributed by atoms with Gasteiger partial charge in [-0.3, -0.25) is 9.69 Å². The van der Waals surface area contributed by atoms with Crippen molar-refractivity contribution in [3.8, 4) is 16.9 Å². The van der Waals surface area contributed by atoms with E-state index in [1.807, 2.05) is 36.5 Å². The number of fused-ring (bicyclic) bond motifs is 1. The molecule has 0 saturated carbocycles. The molecule has 2 aromatic heterocycles. The normalized spacial score (nSPS) is 14.5. The molecule has 1 aromatic carbocycles. The summed E-state index contributed by atoms with van der Waals surface area (Å²) in [6, 6.07) is 9.98. The van der Waals surface area contributed by atoms with Gasteiger partial charge in [-0.1, -0.05) is 12.1 Å². The van der Waals surface area contributed by atoms with Crippen molar-refractivity contribution >= 4 is 16.9 Å². The summed E-state index contributed by atoms with van der Waals surface area (Å²) in [5, 5.41) is 3.73. The molecule has 0 atom stereocenters. The van der Waals surface area contributed by atoms with E-state index < -0.39 is 0 Å². The van der Waals surface area contributed by atoms with E-state index in [9.17, 15) is 4.79 Å². The van der Waals surface area contributed by atoms with Crippen LogP contribution in [0.4, 0.5) is 0 Å². The molecule has 0 unspecified atom stereocenters. The Morgan fingerprint density at radius 3 is 2.78 bits per heavy atom. The number of aromatic amines is 1. The first-order valence-corrected chi connectivity index (χ1v) is 11.0. The first-order chi connectivity index (χ1) is 15.7. The lowest BCUT2D eigenvalue weighted by Crippen LogP contribution is -2.38. The Balaban J connectivity index is 1.38. The van der Waals surface area contributed by atoms with Crippen LogP contribution in [0.25, 0.3) is 22.2 Å². The van der Waals surface area contributed by atoms with E-state index in [2.05, 4.69) is 20.2 Å². The number of pyridine rings is 1. The standard InChI is InChI=1S/C24H30N4O4/c1-30-11-2-7-25-24(29)22-17-27-23-21(22)15-19(16-26-23)18-3-5-20(6-4-18)32-14-10-28-8-12-31-13-9-28/h3-6,15-17H,2,7-14H2,1H3,(H,25,29)(H,26,27). The third kappa shape index (κ3) is 5.64. The van der Waals surface area contributed by atoms with Crippen molar-refractivity contribution in [2.24, 2.45) is 0 Å². The number of methoxy groups -OCH3 is 1. The minimum atomic E-state index is -0.115. The highest BCUT2D eigenvalue weighted by Gasteiger charge is 2.14. The average Bonchev–Trinajstić information content (AvgIpc) is 3.26. The van der Waals surface area contributed by atoms with Crippen molar-refractivity contribution in [2.75, 3.05) is 59.7 Å². The fourth-order valence-corrected chi connectivity index (χ4v) is 3.72. The van der Waals surface area contributed by atoms with Gasteiger partial charge in [0.05, 0.1) is 18.8 Å². The van der Waals surface area contributed by atoms with Crippen LogP contribution >= 0.6 is 0 Å². The molecule has 0 spiro atoms. The fourth-order valence-electron chi connectivity index (χ4n) is 3.72. The van der Waals surface area contributed by atoms with E-state index in [1.54, 1.807) is 13.3 Å². The predicted molar refractivity (Wildman–Crippen MR) is 123 cm³/mol. The summed E-state index contributed by atoms with van der Waals surface area (Å²) < 4.78 is 16.3. The van der Waals surface area contributed by atoms with Crippen LogP contribution in [0.1, 0.15) is 16.8 Å². The van der Waals surface area contributed by atoms with E-state index in [0.717, 1.165) is 61.5 Å². The molecule has 0 aliphatic carbocycles. The summed E-state index contributed by atoms with van der Waals surface area (Å²) in [6.45, 7) is 6.26. The molecule has 1 amide bonds. The number of hydrogen-bond donors (Lipinski definition) is 2. The monoisotopic (exact) mass is 438 g/mol. The Kier molecular flexibility index (Phi) is 7.71. The van der Waals surface area contributed by atoms with E-state index in [-0.39, 0.29) is 5.91 Å². The van der Waals surface area contributed by atoms with E-state index >= 15 is 0 Å². The molecular formula is C24H30N4O4. The molecule has 1 aliphatic heterocycles. The van der Waals surface area contributed by atoms with Crippen molar-refractivity contribution < 1.29 is 19.0 Å². The van der Waals surface area contributed by atoms with Gasteiger partial charge in [0.2, 0.25) is 0 Å². The van der Waals surface area contributed by atoms with Gasteiger partial charge < -0.3 is 24.5 Å². The Bertz CT molecular complexity index is 1010. The zero-order chi connectivity index (χ0) is 22.2. The number of benzene rings is 1. The van der Waals surface area contributed by atoms with Gasteiger partial charge in [-0.2, -0.15) is 0 Å². The highest BCUT2D eigenvalue weighted by molar-refractivity contribution is 6.06. The minimum Gasteiger partial charge on any atom is -0.492 e. The largest absolute Gasteiger partial charge is 0.492 e. The van der Waals surface area contributed by atoms with Gasteiger partial charge >= 0.3 is 0 Å². The van der Waals surface area contributed by atoms with Crippen LogP contribution in [0.3, 0.4) is 0 Å². The average molecular weight is 439 g/mol. The van der Waals surface area contributed by atoms with Gasteiger partial charge in [0.1, 0.15) is 18.0 Å². The zero-order valence-corrected chi connectivity index (χ0v) is 18.4. The number of hydrogen-bond acceptors (Lipinski definition) is 6. The van der Waals surface area contributed by atoms with Crippen LogP contribution in [0.5, 0.6) is 5.75 Å².